The highest BCUT2D eigenvalue weighted by Gasteiger charge is 2.30. The Morgan fingerprint density at radius 1 is 1.19 bits per heavy atom. The molecule has 9 heteroatoms. The van der Waals surface area contributed by atoms with E-state index in [1.165, 1.54) is 30.3 Å². The van der Waals surface area contributed by atoms with Gasteiger partial charge in [-0.2, -0.15) is 0 Å². The number of rotatable bonds is 7. The molecule has 0 heterocycles. The average Bonchev–Trinajstić information content (AvgIpc) is 3.43. The highest BCUT2D eigenvalue weighted by molar-refractivity contribution is 7.89. The number of carbonyl (C=O) groups excluding carboxylic acids is 2. The van der Waals surface area contributed by atoms with Crippen molar-refractivity contribution in [3.63, 3.8) is 0 Å². The van der Waals surface area contributed by atoms with E-state index in [-0.39, 0.29) is 27.1 Å². The zero-order valence-electron chi connectivity index (χ0n) is 13.9. The van der Waals surface area contributed by atoms with Crippen molar-refractivity contribution < 1.29 is 27.1 Å². The summed E-state index contributed by atoms with van der Waals surface area (Å²) < 4.78 is 45.6. The molecule has 0 radical (unpaired) electrons. The van der Waals surface area contributed by atoms with Crippen LogP contribution >= 0.6 is 11.6 Å². The summed E-state index contributed by atoms with van der Waals surface area (Å²) in [6.45, 7) is -0.676. The molecular weight excluding hydrogens is 397 g/mol. The molecule has 0 spiro atoms. The third-order valence-electron chi connectivity index (χ3n) is 3.86. The van der Waals surface area contributed by atoms with Crippen LogP contribution in [0.3, 0.4) is 0 Å². The number of hydrogen-bond acceptors (Lipinski definition) is 5. The second-order valence-corrected chi connectivity index (χ2v) is 8.11. The molecule has 0 saturated heterocycles. The minimum Gasteiger partial charge on any atom is -0.454 e. The summed E-state index contributed by atoms with van der Waals surface area (Å²) in [5.41, 5.74) is -0.282. The molecule has 0 aromatic heterocycles. The van der Waals surface area contributed by atoms with Gasteiger partial charge in [0.1, 0.15) is 10.7 Å². The SMILES string of the molecule is O=C(OCC(=O)c1ccccc1F)c1ccc(Cl)c(S(=O)(=O)NC2CC2)c1. The normalized spacial score (nSPS) is 14.0. The van der Waals surface area contributed by atoms with Gasteiger partial charge in [0.15, 0.2) is 6.61 Å². The molecule has 27 heavy (non-hydrogen) atoms. The van der Waals surface area contributed by atoms with Crippen LogP contribution in [0.25, 0.3) is 0 Å². The minimum absolute atomic E-state index is 0.0397. The molecular formula is C18H15ClFNO5S. The predicted molar refractivity (Wildman–Crippen MR) is 95.8 cm³/mol. The summed E-state index contributed by atoms with van der Waals surface area (Å²) in [4.78, 5) is 23.9. The zero-order valence-corrected chi connectivity index (χ0v) is 15.5. The quantitative estimate of drug-likeness (QED) is 0.559. The van der Waals surface area contributed by atoms with E-state index in [1.807, 2.05) is 0 Å². The molecule has 0 unspecified atom stereocenters. The summed E-state index contributed by atoms with van der Waals surface area (Å²) in [6.07, 6.45) is 1.49. The van der Waals surface area contributed by atoms with E-state index in [9.17, 15) is 22.4 Å². The number of ether oxygens (including phenoxy) is 1. The Morgan fingerprint density at radius 2 is 1.89 bits per heavy atom. The Kier molecular flexibility index (Phi) is 5.59. The number of sulfonamides is 1. The first kappa shape index (κ1) is 19.5. The van der Waals surface area contributed by atoms with Crippen LogP contribution in [0, 0.1) is 5.82 Å². The maximum Gasteiger partial charge on any atom is 0.338 e. The first-order chi connectivity index (χ1) is 12.8. The van der Waals surface area contributed by atoms with Crippen molar-refractivity contribution in [3.05, 3.63) is 64.4 Å². The molecule has 2 aromatic carbocycles. The van der Waals surface area contributed by atoms with E-state index < -0.39 is 34.2 Å². The molecule has 1 saturated carbocycles. The Balaban J connectivity index is 1.72. The van der Waals surface area contributed by atoms with E-state index in [1.54, 1.807) is 0 Å². The molecule has 0 bridgehead atoms. The molecule has 2 aromatic rings. The average molecular weight is 412 g/mol. The lowest BCUT2D eigenvalue weighted by Gasteiger charge is -2.10. The summed E-state index contributed by atoms with van der Waals surface area (Å²) in [5, 5.41) is -0.0397. The maximum absolute atomic E-state index is 13.6. The van der Waals surface area contributed by atoms with Crippen LogP contribution in [-0.2, 0) is 14.8 Å². The van der Waals surface area contributed by atoms with Crippen molar-refractivity contribution in [2.24, 2.45) is 0 Å². The molecule has 142 valence electrons. The van der Waals surface area contributed by atoms with Crippen LogP contribution in [-0.4, -0.2) is 32.8 Å². The molecule has 1 aliphatic rings. The summed E-state index contributed by atoms with van der Waals surface area (Å²) in [5.74, 6) is -2.34. The third kappa shape index (κ3) is 4.71. The van der Waals surface area contributed by atoms with Crippen LogP contribution in [0.4, 0.5) is 4.39 Å². The van der Waals surface area contributed by atoms with Gasteiger partial charge < -0.3 is 4.74 Å². The summed E-state index contributed by atoms with van der Waals surface area (Å²) in [6, 6.07) is 8.83. The number of nitrogens with one attached hydrogen (secondary N) is 1. The number of ketones is 1. The fourth-order valence-corrected chi connectivity index (χ4v) is 4.13. The standard InChI is InChI=1S/C18H15ClFNO5S/c19-14-8-5-11(9-17(14)27(24,25)21-12-6-7-12)18(23)26-10-16(22)13-3-1-2-4-15(13)20/h1-5,8-9,12,21H,6-7,10H2. The van der Waals surface area contributed by atoms with Gasteiger partial charge in [0, 0.05) is 6.04 Å². The Hall–Kier alpha value is -2.29. The molecule has 0 aliphatic heterocycles. The van der Waals surface area contributed by atoms with Crippen molar-refractivity contribution in [1.82, 2.24) is 4.72 Å². The first-order valence-electron chi connectivity index (χ1n) is 8.04. The van der Waals surface area contributed by atoms with Crippen molar-refractivity contribution in [2.45, 2.75) is 23.8 Å². The molecule has 6 nitrogen and oxygen atoms in total. The van der Waals surface area contributed by atoms with E-state index in [0.717, 1.165) is 25.0 Å². The van der Waals surface area contributed by atoms with Crippen LogP contribution in [0.2, 0.25) is 5.02 Å². The van der Waals surface area contributed by atoms with Crippen LogP contribution in [0.5, 0.6) is 0 Å². The van der Waals surface area contributed by atoms with E-state index in [0.29, 0.717) is 0 Å². The molecule has 0 atom stereocenters. The van der Waals surface area contributed by atoms with Gasteiger partial charge in [-0.25, -0.2) is 22.3 Å². The molecule has 1 aliphatic carbocycles. The molecule has 0 amide bonds. The van der Waals surface area contributed by atoms with Crippen molar-refractivity contribution in [2.75, 3.05) is 6.61 Å². The Morgan fingerprint density at radius 3 is 2.56 bits per heavy atom. The van der Waals surface area contributed by atoms with Gasteiger partial charge in [-0.15, -0.1) is 0 Å². The smallest absolute Gasteiger partial charge is 0.338 e. The topological polar surface area (TPSA) is 89.5 Å². The number of hydrogen-bond donors (Lipinski definition) is 1. The second kappa shape index (κ2) is 7.75. The lowest BCUT2D eigenvalue weighted by molar-refractivity contribution is 0.0473. The van der Waals surface area contributed by atoms with Crippen molar-refractivity contribution in [3.8, 4) is 0 Å². The number of Topliss-reactive ketones (excluding diaryl/α,β-unsaturated/α-hetero) is 1. The molecule has 1 fully saturated rings. The largest absolute Gasteiger partial charge is 0.454 e. The van der Waals surface area contributed by atoms with Gasteiger partial charge in [-0.3, -0.25) is 4.79 Å². The second-order valence-electron chi connectivity index (χ2n) is 6.02. The fraction of sp³-hybridized carbons (Fsp3) is 0.222. The van der Waals surface area contributed by atoms with E-state index in [2.05, 4.69) is 4.72 Å². The fourth-order valence-electron chi connectivity index (χ4n) is 2.30. The van der Waals surface area contributed by atoms with E-state index in [4.69, 9.17) is 16.3 Å². The highest BCUT2D eigenvalue weighted by atomic mass is 35.5. The summed E-state index contributed by atoms with van der Waals surface area (Å²) in [7, 11) is -3.87. The lowest BCUT2D eigenvalue weighted by Crippen LogP contribution is -2.26. The highest BCUT2D eigenvalue weighted by Crippen LogP contribution is 2.27. The van der Waals surface area contributed by atoms with Gasteiger partial charge in [-0.1, -0.05) is 23.7 Å². The monoisotopic (exact) mass is 411 g/mol. The predicted octanol–water partition coefficient (Wildman–Crippen LogP) is 2.96. The maximum atomic E-state index is 13.6. The number of esters is 1. The lowest BCUT2D eigenvalue weighted by atomic mass is 10.1. The van der Waals surface area contributed by atoms with Crippen LogP contribution in [0.15, 0.2) is 47.4 Å². The number of carbonyl (C=O) groups is 2. The summed E-state index contributed by atoms with van der Waals surface area (Å²) >= 11 is 5.95. The van der Waals surface area contributed by atoms with Crippen molar-refractivity contribution >= 4 is 33.4 Å². The van der Waals surface area contributed by atoms with Crippen LogP contribution < -0.4 is 4.72 Å². The van der Waals surface area contributed by atoms with Gasteiger partial charge in [0.2, 0.25) is 15.8 Å². The Bertz CT molecular complexity index is 1000. The van der Waals surface area contributed by atoms with Gasteiger partial charge in [0.05, 0.1) is 16.1 Å². The van der Waals surface area contributed by atoms with Gasteiger partial charge >= 0.3 is 5.97 Å². The molecule has 3 rings (SSSR count). The molecule has 1 N–H and O–H groups in total. The number of halogens is 2. The first-order valence-corrected chi connectivity index (χ1v) is 9.91. The van der Waals surface area contributed by atoms with Crippen LogP contribution in [0.1, 0.15) is 33.6 Å². The number of benzene rings is 2. The minimum atomic E-state index is -3.87. The third-order valence-corrected chi connectivity index (χ3v) is 5.87. The van der Waals surface area contributed by atoms with Gasteiger partial charge in [0.25, 0.3) is 0 Å². The Labute approximate surface area is 160 Å². The van der Waals surface area contributed by atoms with E-state index >= 15 is 0 Å². The van der Waals surface area contributed by atoms with Crippen molar-refractivity contribution in [1.29, 1.82) is 0 Å². The van der Waals surface area contributed by atoms with Gasteiger partial charge in [-0.05, 0) is 43.2 Å². The zero-order chi connectivity index (χ0) is 19.6.